The van der Waals surface area contributed by atoms with E-state index in [1.54, 1.807) is 12.1 Å². The standard InChI is InChI=1S/C30H20FN3/c31-26-17-15-24(16-18-26)29-30(25-13-11-22(12-14-25)21-7-3-1-4-8-21)34-28(32-29)20-19-27(33-34)23-9-5-2-6-10-23/h1-20H. The lowest BCUT2D eigenvalue weighted by atomic mass is 10.0. The molecule has 4 aromatic carbocycles. The first-order chi connectivity index (χ1) is 16.8. The Morgan fingerprint density at radius 1 is 0.500 bits per heavy atom. The number of halogens is 1. The van der Waals surface area contributed by atoms with Gasteiger partial charge in [-0.1, -0.05) is 84.9 Å². The van der Waals surface area contributed by atoms with Gasteiger partial charge in [0.2, 0.25) is 0 Å². The van der Waals surface area contributed by atoms with Crippen molar-refractivity contribution in [2.45, 2.75) is 0 Å². The van der Waals surface area contributed by atoms with Crippen molar-refractivity contribution in [2.24, 2.45) is 0 Å². The van der Waals surface area contributed by atoms with E-state index >= 15 is 0 Å². The van der Waals surface area contributed by atoms with E-state index in [4.69, 9.17) is 10.1 Å². The van der Waals surface area contributed by atoms with Crippen molar-refractivity contribution in [1.29, 1.82) is 0 Å². The number of fused-ring (bicyclic) bond motifs is 1. The van der Waals surface area contributed by atoms with Crippen LogP contribution in [-0.2, 0) is 0 Å². The van der Waals surface area contributed by atoms with Gasteiger partial charge in [-0.2, -0.15) is 5.10 Å². The SMILES string of the molecule is Fc1ccc(-c2nc3ccc(-c4ccccc4)nn3c2-c2ccc(-c3ccccc3)cc2)cc1. The van der Waals surface area contributed by atoms with Crippen molar-refractivity contribution in [3.63, 3.8) is 0 Å². The number of nitrogens with zero attached hydrogens (tertiary/aromatic N) is 3. The number of hydrogen-bond acceptors (Lipinski definition) is 2. The number of aromatic nitrogens is 3. The molecule has 0 unspecified atom stereocenters. The first-order valence-corrected chi connectivity index (χ1v) is 11.1. The van der Waals surface area contributed by atoms with Crippen LogP contribution in [0.25, 0.3) is 50.5 Å². The van der Waals surface area contributed by atoms with Crippen molar-refractivity contribution in [3.05, 3.63) is 127 Å². The van der Waals surface area contributed by atoms with Gasteiger partial charge in [-0.3, -0.25) is 0 Å². The van der Waals surface area contributed by atoms with E-state index in [2.05, 4.69) is 36.4 Å². The van der Waals surface area contributed by atoms with Crippen molar-refractivity contribution in [2.75, 3.05) is 0 Å². The van der Waals surface area contributed by atoms with Crippen LogP contribution < -0.4 is 0 Å². The van der Waals surface area contributed by atoms with E-state index in [-0.39, 0.29) is 5.82 Å². The summed E-state index contributed by atoms with van der Waals surface area (Å²) in [7, 11) is 0. The number of hydrogen-bond donors (Lipinski definition) is 0. The number of benzene rings is 4. The Labute approximate surface area is 196 Å². The van der Waals surface area contributed by atoms with Crippen LogP contribution in [0.1, 0.15) is 0 Å². The monoisotopic (exact) mass is 441 g/mol. The first-order valence-electron chi connectivity index (χ1n) is 11.1. The van der Waals surface area contributed by atoms with Crippen LogP contribution >= 0.6 is 0 Å². The highest BCUT2D eigenvalue weighted by atomic mass is 19.1. The fourth-order valence-corrected chi connectivity index (χ4v) is 4.22. The van der Waals surface area contributed by atoms with E-state index < -0.39 is 0 Å². The van der Waals surface area contributed by atoms with Gasteiger partial charge in [0.05, 0.1) is 11.4 Å². The van der Waals surface area contributed by atoms with Crippen LogP contribution in [0.15, 0.2) is 121 Å². The molecule has 0 bridgehead atoms. The minimum Gasteiger partial charge on any atom is -0.226 e. The zero-order valence-corrected chi connectivity index (χ0v) is 18.3. The average molecular weight is 442 g/mol. The maximum absolute atomic E-state index is 13.6. The molecule has 6 aromatic rings. The molecule has 3 nitrogen and oxygen atoms in total. The summed E-state index contributed by atoms with van der Waals surface area (Å²) in [5.74, 6) is -0.272. The van der Waals surface area contributed by atoms with Gasteiger partial charge in [0, 0.05) is 16.7 Å². The van der Waals surface area contributed by atoms with E-state index in [1.807, 2.05) is 65.2 Å². The fourth-order valence-electron chi connectivity index (χ4n) is 4.22. The van der Waals surface area contributed by atoms with E-state index in [0.29, 0.717) is 0 Å². The smallest absolute Gasteiger partial charge is 0.155 e. The predicted octanol–water partition coefficient (Wildman–Crippen LogP) is 7.54. The molecule has 0 aliphatic rings. The lowest BCUT2D eigenvalue weighted by Crippen LogP contribution is -1.97. The highest BCUT2D eigenvalue weighted by molar-refractivity contribution is 5.83. The Balaban J connectivity index is 1.55. The molecule has 0 amide bonds. The molecule has 2 aromatic heterocycles. The topological polar surface area (TPSA) is 30.2 Å². The predicted molar refractivity (Wildman–Crippen MR) is 135 cm³/mol. The zero-order valence-electron chi connectivity index (χ0n) is 18.3. The van der Waals surface area contributed by atoms with Crippen molar-refractivity contribution < 1.29 is 4.39 Å². The van der Waals surface area contributed by atoms with Gasteiger partial charge in [0.1, 0.15) is 11.5 Å². The van der Waals surface area contributed by atoms with E-state index in [0.717, 1.165) is 50.5 Å². The molecule has 34 heavy (non-hydrogen) atoms. The summed E-state index contributed by atoms with van der Waals surface area (Å²) in [6.45, 7) is 0. The molecular weight excluding hydrogens is 421 g/mol. The maximum atomic E-state index is 13.6. The van der Waals surface area contributed by atoms with Crippen LogP contribution in [0.5, 0.6) is 0 Å². The second-order valence-electron chi connectivity index (χ2n) is 8.11. The summed E-state index contributed by atoms with van der Waals surface area (Å²) in [5, 5.41) is 4.95. The van der Waals surface area contributed by atoms with Crippen LogP contribution in [0, 0.1) is 5.82 Å². The number of rotatable bonds is 4. The van der Waals surface area contributed by atoms with Gasteiger partial charge in [-0.15, -0.1) is 0 Å². The third-order valence-corrected chi connectivity index (χ3v) is 5.93. The van der Waals surface area contributed by atoms with Crippen LogP contribution in [-0.4, -0.2) is 14.6 Å². The molecule has 0 N–H and O–H groups in total. The molecule has 0 atom stereocenters. The summed E-state index contributed by atoms with van der Waals surface area (Å²) < 4.78 is 15.5. The Kier molecular flexibility index (Phi) is 4.96. The quantitative estimate of drug-likeness (QED) is 0.283. The van der Waals surface area contributed by atoms with Gasteiger partial charge in [-0.25, -0.2) is 13.9 Å². The first kappa shape index (κ1) is 20.1. The van der Waals surface area contributed by atoms with E-state index in [9.17, 15) is 4.39 Å². The molecular formula is C30H20FN3. The van der Waals surface area contributed by atoms with E-state index in [1.165, 1.54) is 12.1 Å². The minimum absolute atomic E-state index is 0.272. The second-order valence-corrected chi connectivity index (χ2v) is 8.11. The van der Waals surface area contributed by atoms with Crippen LogP contribution in [0.3, 0.4) is 0 Å². The van der Waals surface area contributed by atoms with Gasteiger partial charge in [-0.05, 0) is 47.5 Å². The summed E-state index contributed by atoms with van der Waals surface area (Å²) in [5.41, 5.74) is 8.41. The van der Waals surface area contributed by atoms with Gasteiger partial charge in [0.25, 0.3) is 0 Å². The molecule has 0 saturated carbocycles. The van der Waals surface area contributed by atoms with Crippen LogP contribution in [0.4, 0.5) is 4.39 Å². The number of imidazole rings is 1. The normalized spacial score (nSPS) is 11.1. The van der Waals surface area contributed by atoms with Crippen molar-refractivity contribution in [1.82, 2.24) is 14.6 Å². The highest BCUT2D eigenvalue weighted by Crippen LogP contribution is 2.34. The Bertz CT molecular complexity index is 1570. The third kappa shape index (κ3) is 3.65. The lowest BCUT2D eigenvalue weighted by Gasteiger charge is -2.08. The molecule has 4 heteroatoms. The molecule has 0 saturated heterocycles. The zero-order chi connectivity index (χ0) is 22.9. The molecule has 6 rings (SSSR count). The second kappa shape index (κ2) is 8.41. The third-order valence-electron chi connectivity index (χ3n) is 5.93. The molecule has 0 aliphatic carbocycles. The highest BCUT2D eigenvalue weighted by Gasteiger charge is 2.18. The Morgan fingerprint density at radius 3 is 1.74 bits per heavy atom. The maximum Gasteiger partial charge on any atom is 0.155 e. The van der Waals surface area contributed by atoms with Gasteiger partial charge in [0.15, 0.2) is 5.65 Å². The summed E-state index contributed by atoms with van der Waals surface area (Å²) >= 11 is 0. The fraction of sp³-hybridized carbons (Fsp3) is 0. The van der Waals surface area contributed by atoms with Crippen LogP contribution in [0.2, 0.25) is 0 Å². The summed E-state index contributed by atoms with van der Waals surface area (Å²) in [6.07, 6.45) is 0. The molecule has 0 aliphatic heterocycles. The molecule has 0 radical (unpaired) electrons. The largest absolute Gasteiger partial charge is 0.226 e. The Hall–Kier alpha value is -4.57. The van der Waals surface area contributed by atoms with Gasteiger partial charge >= 0.3 is 0 Å². The lowest BCUT2D eigenvalue weighted by molar-refractivity contribution is 0.628. The molecule has 0 spiro atoms. The van der Waals surface area contributed by atoms with Crippen molar-refractivity contribution in [3.8, 4) is 44.9 Å². The van der Waals surface area contributed by atoms with Crippen molar-refractivity contribution >= 4 is 5.65 Å². The minimum atomic E-state index is -0.272. The average Bonchev–Trinajstić information content (AvgIpc) is 3.29. The summed E-state index contributed by atoms with van der Waals surface area (Å²) in [4.78, 5) is 4.88. The molecule has 2 heterocycles. The molecule has 0 fully saturated rings. The molecule has 162 valence electrons. The van der Waals surface area contributed by atoms with Gasteiger partial charge < -0.3 is 0 Å². The Morgan fingerprint density at radius 2 is 1.06 bits per heavy atom. The summed E-state index contributed by atoms with van der Waals surface area (Å²) in [6, 6.07) is 39.2.